The highest BCUT2D eigenvalue weighted by Crippen LogP contribution is 2.37. The Bertz CT molecular complexity index is 825. The van der Waals surface area contributed by atoms with Gasteiger partial charge in [-0.2, -0.15) is 0 Å². The summed E-state index contributed by atoms with van der Waals surface area (Å²) in [5.74, 6) is -3.10. The summed E-state index contributed by atoms with van der Waals surface area (Å²) in [4.78, 5) is 34.7. The summed E-state index contributed by atoms with van der Waals surface area (Å²) in [5.41, 5.74) is -0.303. The third kappa shape index (κ3) is 1.67. The number of ether oxygens (including phenoxy) is 1. The summed E-state index contributed by atoms with van der Waals surface area (Å²) < 4.78 is 4.56. The van der Waals surface area contributed by atoms with Crippen molar-refractivity contribution in [3.8, 4) is 0 Å². The Morgan fingerprint density at radius 1 is 1.10 bits per heavy atom. The molecule has 1 N–H and O–H groups in total. The number of aromatic carboxylic acids is 1. The van der Waals surface area contributed by atoms with E-state index in [9.17, 15) is 14.4 Å². The van der Waals surface area contributed by atoms with Gasteiger partial charge in [0.05, 0.1) is 21.7 Å². The van der Waals surface area contributed by atoms with Gasteiger partial charge in [0, 0.05) is 10.4 Å². The fourth-order valence-electron chi connectivity index (χ4n) is 2.18. The molecule has 7 heteroatoms. The van der Waals surface area contributed by atoms with Crippen molar-refractivity contribution in [3.63, 3.8) is 0 Å². The normalized spacial score (nSPS) is 13.5. The van der Waals surface area contributed by atoms with E-state index in [1.165, 1.54) is 18.2 Å². The van der Waals surface area contributed by atoms with Gasteiger partial charge in [0.2, 0.25) is 0 Å². The quantitative estimate of drug-likeness (QED) is 0.646. The Morgan fingerprint density at radius 3 is 2.45 bits per heavy atom. The molecule has 0 aliphatic carbocycles. The summed E-state index contributed by atoms with van der Waals surface area (Å²) >= 11 is 11.8. The Kier molecular flexibility index (Phi) is 2.70. The van der Waals surface area contributed by atoms with Gasteiger partial charge in [-0.1, -0.05) is 23.2 Å². The molecule has 3 rings (SSSR count). The molecule has 0 radical (unpaired) electrons. The molecular weight excluding hydrogens is 307 g/mol. The smallest absolute Gasteiger partial charge is 0.348 e. The standard InChI is InChI=1S/C13H4Cl2O5/c14-5-1-4-2-7(11(16)17)10(15)9-8(4)6(3-5)12(18)20-13(9)19/h1-3H,(H,16,17). The van der Waals surface area contributed by atoms with E-state index in [0.717, 1.165) is 0 Å². The summed E-state index contributed by atoms with van der Waals surface area (Å²) in [6, 6.07) is 4.07. The maximum atomic E-state index is 11.8. The van der Waals surface area contributed by atoms with Crippen LogP contribution in [0.2, 0.25) is 10.0 Å². The number of rotatable bonds is 1. The van der Waals surface area contributed by atoms with Gasteiger partial charge in [-0.25, -0.2) is 14.4 Å². The third-order valence-electron chi connectivity index (χ3n) is 2.98. The first-order valence-corrected chi connectivity index (χ1v) is 6.11. The molecule has 2 aromatic rings. The number of carbonyl (C=O) groups is 3. The second kappa shape index (κ2) is 4.19. The molecule has 0 saturated carbocycles. The molecule has 1 heterocycles. The minimum atomic E-state index is -1.29. The molecule has 0 amide bonds. The first-order chi connectivity index (χ1) is 9.40. The van der Waals surface area contributed by atoms with Gasteiger partial charge < -0.3 is 9.84 Å². The SMILES string of the molecule is O=C(O)c1cc2cc(Cl)cc3c2c(c1Cl)C(=O)OC3=O. The van der Waals surface area contributed by atoms with Crippen LogP contribution in [0.3, 0.4) is 0 Å². The van der Waals surface area contributed by atoms with Crippen molar-refractivity contribution in [2.45, 2.75) is 0 Å². The van der Waals surface area contributed by atoms with Gasteiger partial charge in [0.1, 0.15) is 0 Å². The minimum absolute atomic E-state index is 0.0842. The first kappa shape index (κ1) is 12.9. The van der Waals surface area contributed by atoms with Crippen LogP contribution in [-0.4, -0.2) is 23.0 Å². The lowest BCUT2D eigenvalue weighted by molar-refractivity contribution is 0.0391. The lowest BCUT2D eigenvalue weighted by atomic mass is 9.94. The van der Waals surface area contributed by atoms with Crippen LogP contribution >= 0.6 is 23.2 Å². The number of carboxylic acid groups (broad SMARTS) is 1. The van der Waals surface area contributed by atoms with Crippen molar-refractivity contribution < 1.29 is 24.2 Å². The van der Waals surface area contributed by atoms with Crippen molar-refractivity contribution in [2.24, 2.45) is 0 Å². The average molecular weight is 311 g/mol. The van der Waals surface area contributed by atoms with E-state index in [1.807, 2.05) is 0 Å². The van der Waals surface area contributed by atoms with Crippen LogP contribution in [0.5, 0.6) is 0 Å². The van der Waals surface area contributed by atoms with E-state index in [-0.39, 0.29) is 32.1 Å². The molecule has 20 heavy (non-hydrogen) atoms. The molecule has 0 spiro atoms. The Balaban J connectivity index is 2.57. The molecule has 0 aromatic heterocycles. The molecule has 5 nitrogen and oxygen atoms in total. The second-order valence-electron chi connectivity index (χ2n) is 4.15. The number of carboxylic acids is 1. The highest BCUT2D eigenvalue weighted by molar-refractivity contribution is 6.40. The lowest BCUT2D eigenvalue weighted by Crippen LogP contribution is -2.21. The van der Waals surface area contributed by atoms with Gasteiger partial charge >= 0.3 is 17.9 Å². The number of hydrogen-bond donors (Lipinski definition) is 1. The molecule has 0 unspecified atom stereocenters. The van der Waals surface area contributed by atoms with Crippen molar-refractivity contribution >= 4 is 51.9 Å². The molecule has 0 fully saturated rings. The van der Waals surface area contributed by atoms with Crippen molar-refractivity contribution in [1.82, 2.24) is 0 Å². The Hall–Kier alpha value is -2.11. The highest BCUT2D eigenvalue weighted by atomic mass is 35.5. The maximum absolute atomic E-state index is 11.8. The van der Waals surface area contributed by atoms with Crippen LogP contribution in [0.1, 0.15) is 31.1 Å². The zero-order chi connectivity index (χ0) is 14.6. The van der Waals surface area contributed by atoms with E-state index in [2.05, 4.69) is 4.74 Å². The molecule has 100 valence electrons. The minimum Gasteiger partial charge on any atom is -0.478 e. The molecular formula is C13H4Cl2O5. The molecule has 1 aliphatic rings. The van der Waals surface area contributed by atoms with Gasteiger partial charge in [0.15, 0.2) is 0 Å². The van der Waals surface area contributed by atoms with E-state index < -0.39 is 17.9 Å². The van der Waals surface area contributed by atoms with Crippen molar-refractivity contribution in [2.75, 3.05) is 0 Å². The summed E-state index contributed by atoms with van der Waals surface area (Å²) in [7, 11) is 0. The predicted molar refractivity (Wildman–Crippen MR) is 70.7 cm³/mol. The monoisotopic (exact) mass is 310 g/mol. The van der Waals surface area contributed by atoms with Gasteiger partial charge in [-0.3, -0.25) is 0 Å². The largest absolute Gasteiger partial charge is 0.478 e. The van der Waals surface area contributed by atoms with Crippen LogP contribution < -0.4 is 0 Å². The summed E-state index contributed by atoms with van der Waals surface area (Å²) in [6.07, 6.45) is 0. The third-order valence-corrected chi connectivity index (χ3v) is 3.59. The van der Waals surface area contributed by atoms with Crippen molar-refractivity contribution in [3.05, 3.63) is 44.9 Å². The molecule has 0 saturated heterocycles. The number of hydrogen-bond acceptors (Lipinski definition) is 4. The van der Waals surface area contributed by atoms with E-state index in [1.54, 1.807) is 0 Å². The maximum Gasteiger partial charge on any atom is 0.348 e. The van der Waals surface area contributed by atoms with Crippen molar-refractivity contribution in [1.29, 1.82) is 0 Å². The first-order valence-electron chi connectivity index (χ1n) is 5.35. The molecule has 1 aliphatic heterocycles. The summed E-state index contributed by atoms with van der Waals surface area (Å²) in [6.45, 7) is 0. The zero-order valence-corrected chi connectivity index (χ0v) is 11.1. The van der Waals surface area contributed by atoms with Gasteiger partial charge in [-0.15, -0.1) is 0 Å². The van der Waals surface area contributed by atoms with Gasteiger partial charge in [-0.05, 0) is 23.6 Å². The lowest BCUT2D eigenvalue weighted by Gasteiger charge is -2.18. The van der Waals surface area contributed by atoms with E-state index in [4.69, 9.17) is 28.3 Å². The van der Waals surface area contributed by atoms with Crippen LogP contribution in [0.25, 0.3) is 10.8 Å². The predicted octanol–water partition coefficient (Wildman–Crippen LogP) is 3.16. The number of cyclic esters (lactones) is 2. The van der Waals surface area contributed by atoms with E-state index >= 15 is 0 Å². The molecule has 2 aromatic carbocycles. The number of esters is 2. The molecule has 0 bridgehead atoms. The van der Waals surface area contributed by atoms with Crippen LogP contribution in [0.15, 0.2) is 18.2 Å². The Morgan fingerprint density at radius 2 is 1.80 bits per heavy atom. The van der Waals surface area contributed by atoms with E-state index in [0.29, 0.717) is 5.39 Å². The fraction of sp³-hybridized carbons (Fsp3) is 0. The number of benzene rings is 2. The Labute approximate surface area is 121 Å². The zero-order valence-electron chi connectivity index (χ0n) is 9.57. The molecule has 0 atom stereocenters. The van der Waals surface area contributed by atoms with Gasteiger partial charge in [0.25, 0.3) is 0 Å². The summed E-state index contributed by atoms with van der Waals surface area (Å²) in [5, 5.41) is 9.67. The van der Waals surface area contributed by atoms with Crippen LogP contribution in [0.4, 0.5) is 0 Å². The average Bonchev–Trinajstić information content (AvgIpc) is 2.35. The fourth-order valence-corrected chi connectivity index (χ4v) is 2.72. The second-order valence-corrected chi connectivity index (χ2v) is 4.96. The highest BCUT2D eigenvalue weighted by Gasteiger charge is 2.32. The topological polar surface area (TPSA) is 80.7 Å². The van der Waals surface area contributed by atoms with Crippen LogP contribution in [-0.2, 0) is 4.74 Å². The number of halogens is 2. The van der Waals surface area contributed by atoms with Crippen LogP contribution in [0, 0.1) is 0 Å². The number of carbonyl (C=O) groups excluding carboxylic acids is 2.